The van der Waals surface area contributed by atoms with Crippen LogP contribution < -0.4 is 10.1 Å². The van der Waals surface area contributed by atoms with Gasteiger partial charge in [0.15, 0.2) is 0 Å². The lowest BCUT2D eigenvalue weighted by molar-refractivity contribution is -0.131. The van der Waals surface area contributed by atoms with Crippen LogP contribution in [0.15, 0.2) is 24.3 Å². The molecule has 24 heavy (non-hydrogen) atoms. The van der Waals surface area contributed by atoms with Crippen molar-refractivity contribution in [3.8, 4) is 5.75 Å². The van der Waals surface area contributed by atoms with Crippen molar-refractivity contribution in [2.24, 2.45) is 0 Å². The van der Waals surface area contributed by atoms with Gasteiger partial charge in [0.25, 0.3) is 5.91 Å². The summed E-state index contributed by atoms with van der Waals surface area (Å²) >= 11 is 4.68. The Morgan fingerprint density at radius 1 is 1.29 bits per heavy atom. The maximum absolute atomic E-state index is 12.5. The molecule has 0 aromatic heterocycles. The molecule has 2 atom stereocenters. The minimum atomic E-state index is -3.80. The van der Waals surface area contributed by atoms with Gasteiger partial charge in [-0.05, 0) is 49.9 Å². The number of hydrogen-bond acceptors (Lipinski definition) is 3. The van der Waals surface area contributed by atoms with E-state index in [2.05, 4.69) is 21.7 Å². The molecule has 3 rings (SSSR count). The maximum atomic E-state index is 12.5. The Balaban J connectivity index is 1.62. The third-order valence-corrected chi connectivity index (χ3v) is 4.45. The number of nitrogens with one attached hydrogen (secondary N) is 1. The van der Waals surface area contributed by atoms with E-state index in [1.807, 2.05) is 4.90 Å². The van der Waals surface area contributed by atoms with Crippen molar-refractivity contribution >= 4 is 23.4 Å². The molecule has 0 bridgehead atoms. The van der Waals surface area contributed by atoms with Crippen molar-refractivity contribution in [2.75, 3.05) is 6.54 Å². The monoisotopic (exact) mass is 358 g/mol. The van der Waals surface area contributed by atoms with E-state index in [0.717, 1.165) is 25.8 Å². The van der Waals surface area contributed by atoms with E-state index >= 15 is 0 Å². The number of piperidine rings is 1. The first-order chi connectivity index (χ1) is 11.3. The van der Waals surface area contributed by atoms with Gasteiger partial charge in [0, 0.05) is 29.8 Å². The topological polar surface area (TPSA) is 58.6 Å². The maximum Gasteiger partial charge on any atom is 0.487 e. The van der Waals surface area contributed by atoms with Crippen molar-refractivity contribution in [1.29, 1.82) is 0 Å². The number of amides is 2. The molecule has 2 unspecified atom stereocenters. The van der Waals surface area contributed by atoms with Gasteiger partial charge in [0.2, 0.25) is 5.91 Å². The average Bonchev–Trinajstić information content (AvgIpc) is 2.83. The first kappa shape index (κ1) is 17.0. The second-order valence-corrected chi connectivity index (χ2v) is 6.46. The highest BCUT2D eigenvalue weighted by molar-refractivity contribution is 6.20. The summed E-state index contributed by atoms with van der Waals surface area (Å²) in [4.78, 5) is 26.4. The number of rotatable bonds is 4. The number of alkyl halides is 3. The fourth-order valence-electron chi connectivity index (χ4n) is 3.28. The van der Waals surface area contributed by atoms with E-state index in [4.69, 9.17) is 0 Å². The Kier molecular flexibility index (Phi) is 4.62. The summed E-state index contributed by atoms with van der Waals surface area (Å²) in [5, 5.41) is 2.72. The van der Waals surface area contributed by atoms with Gasteiger partial charge in [0.05, 0.1) is 0 Å². The summed E-state index contributed by atoms with van der Waals surface area (Å²) in [5.74, 6) is -0.618. The van der Waals surface area contributed by atoms with Crippen molar-refractivity contribution in [3.63, 3.8) is 0 Å². The molecule has 0 saturated carbocycles. The van der Waals surface area contributed by atoms with Crippen molar-refractivity contribution in [1.82, 2.24) is 10.2 Å². The van der Waals surface area contributed by atoms with Crippen LogP contribution in [0.5, 0.6) is 5.75 Å². The standard InChI is InChI=1S/C16H17ClF2N2O3/c17-16(18,19)24-12-6-4-10(5-7-12)14(22)20-13-9-11-3-1-2-8-21(11)15(13)23/h4-7,11,13H,1-3,8-9H2,(H,20,22). The predicted molar refractivity (Wildman–Crippen MR) is 83.1 cm³/mol. The summed E-state index contributed by atoms with van der Waals surface area (Å²) in [7, 11) is 0. The Bertz CT molecular complexity index is 633. The Morgan fingerprint density at radius 2 is 2.00 bits per heavy atom. The number of benzene rings is 1. The van der Waals surface area contributed by atoms with Crippen LogP contribution in [0.1, 0.15) is 36.0 Å². The van der Waals surface area contributed by atoms with E-state index in [1.54, 1.807) is 0 Å². The van der Waals surface area contributed by atoms with Crippen LogP contribution >= 0.6 is 11.6 Å². The molecule has 2 heterocycles. The van der Waals surface area contributed by atoms with Gasteiger partial charge in [-0.2, -0.15) is 0 Å². The fourth-order valence-corrected chi connectivity index (χ4v) is 3.37. The average molecular weight is 359 g/mol. The molecule has 0 radical (unpaired) electrons. The van der Waals surface area contributed by atoms with Gasteiger partial charge in [-0.25, -0.2) is 0 Å². The molecule has 2 aliphatic heterocycles. The molecule has 0 spiro atoms. The first-order valence-corrected chi connectivity index (χ1v) is 8.18. The molecular weight excluding hydrogens is 342 g/mol. The van der Waals surface area contributed by atoms with E-state index in [9.17, 15) is 18.4 Å². The Labute approximate surface area is 142 Å². The number of carbonyl (C=O) groups excluding carboxylic acids is 2. The van der Waals surface area contributed by atoms with Crippen LogP contribution in [-0.2, 0) is 4.79 Å². The van der Waals surface area contributed by atoms with E-state index in [0.29, 0.717) is 6.42 Å². The summed E-state index contributed by atoms with van der Waals surface area (Å²) < 4.78 is 29.3. The highest BCUT2D eigenvalue weighted by atomic mass is 35.5. The second-order valence-electron chi connectivity index (χ2n) is 6.02. The minimum Gasteiger partial charge on any atom is -0.420 e. The number of nitrogens with zero attached hydrogens (tertiary/aromatic N) is 1. The zero-order valence-corrected chi connectivity index (χ0v) is 13.6. The Hall–Kier alpha value is -1.89. The number of halogens is 3. The predicted octanol–water partition coefficient (Wildman–Crippen LogP) is 2.74. The minimum absolute atomic E-state index is 0.0465. The third kappa shape index (κ3) is 3.77. The molecule has 1 N–H and O–H groups in total. The quantitative estimate of drug-likeness (QED) is 0.842. The molecule has 0 aliphatic carbocycles. The zero-order chi connectivity index (χ0) is 17.3. The van der Waals surface area contributed by atoms with E-state index in [-0.39, 0.29) is 23.3 Å². The van der Waals surface area contributed by atoms with E-state index < -0.39 is 17.5 Å². The van der Waals surface area contributed by atoms with Gasteiger partial charge < -0.3 is 15.0 Å². The molecule has 2 fully saturated rings. The van der Waals surface area contributed by atoms with Gasteiger partial charge in [0.1, 0.15) is 11.8 Å². The molecule has 130 valence electrons. The van der Waals surface area contributed by atoms with E-state index in [1.165, 1.54) is 24.3 Å². The molecule has 1 aromatic rings. The first-order valence-electron chi connectivity index (χ1n) is 7.80. The highest BCUT2D eigenvalue weighted by Crippen LogP contribution is 2.28. The van der Waals surface area contributed by atoms with Gasteiger partial charge in [-0.15, -0.1) is 8.78 Å². The summed E-state index contributed by atoms with van der Waals surface area (Å²) in [6, 6.07) is 4.83. The van der Waals surface area contributed by atoms with Crippen LogP contribution in [0.25, 0.3) is 0 Å². The van der Waals surface area contributed by atoms with Gasteiger partial charge in [-0.1, -0.05) is 0 Å². The number of fused-ring (bicyclic) bond motifs is 1. The molecule has 2 aliphatic rings. The second kappa shape index (κ2) is 6.55. The number of ether oxygens (including phenoxy) is 1. The van der Waals surface area contributed by atoms with Crippen LogP contribution in [0, 0.1) is 0 Å². The number of carbonyl (C=O) groups is 2. The highest BCUT2D eigenvalue weighted by Gasteiger charge is 2.41. The molecule has 8 heteroatoms. The molecular formula is C16H17ClF2N2O3. The fraction of sp³-hybridized carbons (Fsp3) is 0.500. The van der Waals surface area contributed by atoms with Gasteiger partial charge in [-0.3, -0.25) is 9.59 Å². The van der Waals surface area contributed by atoms with Crippen molar-refractivity contribution in [3.05, 3.63) is 29.8 Å². The van der Waals surface area contributed by atoms with Crippen molar-refractivity contribution in [2.45, 2.75) is 43.3 Å². The lowest BCUT2D eigenvalue weighted by Gasteiger charge is -2.28. The van der Waals surface area contributed by atoms with Crippen LogP contribution in [0.3, 0.4) is 0 Å². The molecule has 2 saturated heterocycles. The zero-order valence-electron chi connectivity index (χ0n) is 12.8. The summed E-state index contributed by atoms with van der Waals surface area (Å²) in [6.45, 7) is 0.745. The summed E-state index contributed by atoms with van der Waals surface area (Å²) in [6.07, 6.45) is 3.68. The largest absolute Gasteiger partial charge is 0.487 e. The number of hydrogen-bond donors (Lipinski definition) is 1. The van der Waals surface area contributed by atoms with Gasteiger partial charge >= 0.3 is 5.57 Å². The smallest absolute Gasteiger partial charge is 0.420 e. The molecule has 1 aromatic carbocycles. The van der Waals surface area contributed by atoms with Crippen LogP contribution in [0.4, 0.5) is 8.78 Å². The lowest BCUT2D eigenvalue weighted by Crippen LogP contribution is -2.43. The van der Waals surface area contributed by atoms with Crippen LogP contribution in [-0.4, -0.2) is 40.9 Å². The van der Waals surface area contributed by atoms with Crippen LogP contribution in [0.2, 0.25) is 0 Å². The lowest BCUT2D eigenvalue weighted by atomic mass is 10.0. The normalized spacial score (nSPS) is 23.8. The Morgan fingerprint density at radius 3 is 2.62 bits per heavy atom. The summed E-state index contributed by atoms with van der Waals surface area (Å²) in [5.41, 5.74) is -3.54. The molecule has 5 nitrogen and oxygen atoms in total. The third-order valence-electron chi connectivity index (χ3n) is 4.37. The van der Waals surface area contributed by atoms with Crippen molar-refractivity contribution < 1.29 is 23.1 Å². The SMILES string of the molecule is O=C(NC1CC2CCCCN2C1=O)c1ccc(OC(F)(F)Cl)cc1. The molecule has 2 amide bonds.